The molecule has 0 fully saturated rings. The van der Waals surface area contributed by atoms with Crippen molar-refractivity contribution < 1.29 is 17.9 Å². The van der Waals surface area contributed by atoms with Gasteiger partial charge in [0.25, 0.3) is 0 Å². The number of rotatable bonds is 7. The highest BCUT2D eigenvalue weighted by atomic mass is 35.5. The Labute approximate surface area is 220 Å². The number of thioether (sulfide) groups is 1. The minimum Gasteiger partial charge on any atom is -0.494 e. The van der Waals surface area contributed by atoms with Crippen molar-refractivity contribution in [1.29, 1.82) is 0 Å². The topological polar surface area (TPSA) is 57.2 Å². The number of aryl methyl sites for hydroxylation is 1. The Kier molecular flexibility index (Phi) is 6.87. The SMILES string of the molecule is CCOc1ccc(-n2c(SCc3cn4cc(C(F)(F)F)cc(Cl)c4n3)nnc2-c2cccc(C)c2)cc1. The molecule has 0 unspecified atom stereocenters. The second kappa shape index (κ2) is 10.1. The van der Waals surface area contributed by atoms with Crippen LogP contribution in [0.4, 0.5) is 13.2 Å². The van der Waals surface area contributed by atoms with Crippen molar-refractivity contribution in [2.75, 3.05) is 6.61 Å². The lowest BCUT2D eigenvalue weighted by molar-refractivity contribution is -0.137. The van der Waals surface area contributed by atoms with E-state index in [2.05, 4.69) is 15.2 Å². The van der Waals surface area contributed by atoms with Gasteiger partial charge < -0.3 is 9.14 Å². The number of pyridine rings is 1. The van der Waals surface area contributed by atoms with Gasteiger partial charge in [0.15, 0.2) is 16.6 Å². The van der Waals surface area contributed by atoms with Gasteiger partial charge in [-0.1, -0.05) is 47.1 Å². The number of nitrogens with zero attached hydrogens (tertiary/aromatic N) is 5. The van der Waals surface area contributed by atoms with Gasteiger partial charge in [-0.05, 0) is 50.2 Å². The van der Waals surface area contributed by atoms with Gasteiger partial charge in [0.1, 0.15) is 5.75 Å². The second-order valence-electron chi connectivity index (χ2n) is 8.26. The average molecular weight is 544 g/mol. The van der Waals surface area contributed by atoms with Crippen molar-refractivity contribution in [1.82, 2.24) is 24.1 Å². The molecule has 3 heterocycles. The van der Waals surface area contributed by atoms with E-state index in [1.54, 1.807) is 6.20 Å². The lowest BCUT2D eigenvalue weighted by atomic mass is 10.1. The molecule has 0 N–H and O–H groups in total. The monoisotopic (exact) mass is 543 g/mol. The number of aromatic nitrogens is 5. The zero-order chi connectivity index (χ0) is 26.2. The van der Waals surface area contributed by atoms with Gasteiger partial charge in [0, 0.05) is 29.4 Å². The Hall–Kier alpha value is -3.50. The van der Waals surface area contributed by atoms with E-state index in [-0.39, 0.29) is 10.7 Å². The number of imidazole rings is 1. The van der Waals surface area contributed by atoms with Crippen LogP contribution in [0.3, 0.4) is 0 Å². The molecule has 0 aliphatic carbocycles. The molecular formula is C26H21ClF3N5OS. The van der Waals surface area contributed by atoms with Crippen LogP contribution >= 0.6 is 23.4 Å². The lowest BCUT2D eigenvalue weighted by Gasteiger charge is -2.11. The maximum absolute atomic E-state index is 13.2. The highest BCUT2D eigenvalue weighted by Crippen LogP contribution is 2.34. The summed E-state index contributed by atoms with van der Waals surface area (Å²) < 4.78 is 48.4. The normalized spacial score (nSPS) is 11.8. The molecule has 0 saturated heterocycles. The van der Waals surface area contributed by atoms with Gasteiger partial charge >= 0.3 is 6.18 Å². The summed E-state index contributed by atoms with van der Waals surface area (Å²) in [5.74, 6) is 1.77. The fourth-order valence-electron chi connectivity index (χ4n) is 3.90. The van der Waals surface area contributed by atoms with Gasteiger partial charge in [-0.2, -0.15) is 13.2 Å². The molecule has 5 aromatic rings. The van der Waals surface area contributed by atoms with E-state index in [0.717, 1.165) is 34.8 Å². The first-order chi connectivity index (χ1) is 17.7. The number of benzene rings is 2. The number of halogens is 4. The van der Waals surface area contributed by atoms with Crippen LogP contribution in [0.25, 0.3) is 22.7 Å². The number of hydrogen-bond acceptors (Lipinski definition) is 5. The summed E-state index contributed by atoms with van der Waals surface area (Å²) in [5.41, 5.74) is 2.84. The third-order valence-corrected chi connectivity index (χ3v) is 6.79. The van der Waals surface area contributed by atoms with E-state index < -0.39 is 11.7 Å². The van der Waals surface area contributed by atoms with Crippen LogP contribution < -0.4 is 4.74 Å². The Morgan fingerprint density at radius 3 is 2.51 bits per heavy atom. The molecule has 0 atom stereocenters. The van der Waals surface area contributed by atoms with Gasteiger partial charge in [-0.15, -0.1) is 10.2 Å². The smallest absolute Gasteiger partial charge is 0.417 e. The van der Waals surface area contributed by atoms with Crippen molar-refractivity contribution in [3.63, 3.8) is 0 Å². The highest BCUT2D eigenvalue weighted by molar-refractivity contribution is 7.98. The Morgan fingerprint density at radius 1 is 1.03 bits per heavy atom. The quantitative estimate of drug-likeness (QED) is 0.202. The third-order valence-electron chi connectivity index (χ3n) is 5.55. The summed E-state index contributed by atoms with van der Waals surface area (Å²) in [6.45, 7) is 4.50. The van der Waals surface area contributed by atoms with Crippen LogP contribution in [0.1, 0.15) is 23.7 Å². The molecule has 190 valence electrons. The molecule has 0 bridgehead atoms. The number of hydrogen-bond donors (Lipinski definition) is 0. The summed E-state index contributed by atoms with van der Waals surface area (Å²) >= 11 is 7.47. The van der Waals surface area contributed by atoms with Crippen LogP contribution in [-0.2, 0) is 11.9 Å². The van der Waals surface area contributed by atoms with E-state index in [9.17, 15) is 13.2 Å². The second-order valence-corrected chi connectivity index (χ2v) is 9.61. The van der Waals surface area contributed by atoms with Crippen LogP contribution in [0.5, 0.6) is 5.75 Å². The molecule has 0 amide bonds. The average Bonchev–Trinajstić information content (AvgIpc) is 3.47. The number of alkyl halides is 3. The summed E-state index contributed by atoms with van der Waals surface area (Å²) in [5, 5.41) is 9.43. The molecule has 6 nitrogen and oxygen atoms in total. The van der Waals surface area contributed by atoms with Crippen LogP contribution in [0.15, 0.2) is 72.1 Å². The largest absolute Gasteiger partial charge is 0.494 e. The fourth-order valence-corrected chi connectivity index (χ4v) is 4.99. The fraction of sp³-hybridized carbons (Fsp3) is 0.192. The van der Waals surface area contributed by atoms with E-state index in [4.69, 9.17) is 16.3 Å². The molecule has 0 spiro atoms. The Balaban J connectivity index is 1.49. The predicted molar refractivity (Wildman–Crippen MR) is 137 cm³/mol. The van der Waals surface area contributed by atoms with E-state index >= 15 is 0 Å². The first-order valence-corrected chi connectivity index (χ1v) is 12.7. The third kappa shape index (κ3) is 5.30. The molecule has 2 aromatic carbocycles. The van der Waals surface area contributed by atoms with E-state index in [1.165, 1.54) is 16.2 Å². The van der Waals surface area contributed by atoms with E-state index in [1.807, 2.05) is 66.9 Å². The van der Waals surface area contributed by atoms with Crippen LogP contribution in [0, 0.1) is 6.92 Å². The lowest BCUT2D eigenvalue weighted by Crippen LogP contribution is -2.06. The van der Waals surface area contributed by atoms with Gasteiger partial charge in [-0.3, -0.25) is 4.57 Å². The first kappa shape index (κ1) is 25.2. The maximum Gasteiger partial charge on any atom is 0.417 e. The molecule has 11 heteroatoms. The molecular weight excluding hydrogens is 523 g/mol. The van der Waals surface area contributed by atoms with Gasteiger partial charge in [0.2, 0.25) is 0 Å². The van der Waals surface area contributed by atoms with Crippen LogP contribution in [0.2, 0.25) is 5.02 Å². The summed E-state index contributed by atoms with van der Waals surface area (Å²) in [7, 11) is 0. The molecule has 0 radical (unpaired) electrons. The summed E-state index contributed by atoms with van der Waals surface area (Å²) in [6.07, 6.45) is -1.97. The van der Waals surface area contributed by atoms with Crippen molar-refractivity contribution in [2.24, 2.45) is 0 Å². The molecule has 0 aliphatic rings. The Morgan fingerprint density at radius 2 is 1.81 bits per heavy atom. The van der Waals surface area contributed by atoms with Gasteiger partial charge in [-0.25, -0.2) is 4.98 Å². The maximum atomic E-state index is 13.2. The molecule has 5 rings (SSSR count). The molecule has 0 aliphatic heterocycles. The minimum absolute atomic E-state index is 0.0645. The highest BCUT2D eigenvalue weighted by Gasteiger charge is 2.32. The summed E-state index contributed by atoms with van der Waals surface area (Å²) in [4.78, 5) is 4.43. The molecule has 3 aromatic heterocycles. The zero-order valence-electron chi connectivity index (χ0n) is 19.8. The van der Waals surface area contributed by atoms with Crippen molar-refractivity contribution in [3.8, 4) is 22.8 Å². The number of ether oxygens (including phenoxy) is 1. The number of fused-ring (bicyclic) bond motifs is 1. The standard InChI is InChI=1S/C26H21ClF3N5OS/c1-3-36-21-9-7-20(8-10-21)35-23(17-6-4-5-16(2)11-17)32-33-25(35)37-15-19-14-34-13-18(26(28,29)30)12-22(27)24(34)31-19/h4-14H,3,15H2,1-2H3. The predicted octanol–water partition coefficient (Wildman–Crippen LogP) is 7.25. The van der Waals surface area contributed by atoms with Crippen molar-refractivity contribution in [3.05, 3.63) is 88.8 Å². The van der Waals surface area contributed by atoms with Crippen molar-refractivity contribution in [2.45, 2.75) is 30.9 Å². The van der Waals surface area contributed by atoms with Gasteiger partial charge in [0.05, 0.1) is 22.9 Å². The zero-order valence-corrected chi connectivity index (χ0v) is 21.4. The first-order valence-electron chi connectivity index (χ1n) is 11.4. The van der Waals surface area contributed by atoms with Crippen LogP contribution in [-0.4, -0.2) is 30.8 Å². The van der Waals surface area contributed by atoms with E-state index in [0.29, 0.717) is 29.0 Å². The molecule has 37 heavy (non-hydrogen) atoms. The minimum atomic E-state index is -4.50. The van der Waals surface area contributed by atoms with Crippen molar-refractivity contribution >= 4 is 29.0 Å². The Bertz CT molecular complexity index is 1560. The summed E-state index contributed by atoms with van der Waals surface area (Å²) in [6, 6.07) is 16.5. The molecule has 0 saturated carbocycles.